The third-order valence-corrected chi connectivity index (χ3v) is 0. The van der Waals surface area contributed by atoms with Gasteiger partial charge in [-0.15, -0.1) is 0 Å². The topological polar surface area (TPSA) is 60.7 Å². The van der Waals surface area contributed by atoms with Crippen LogP contribution in [0.4, 0.5) is 0 Å². The molecule has 3 N–H and O–H groups in total. The number of hydrogen-bond acceptors (Lipinski definition) is 3. The molecule has 0 heterocycles. The van der Waals surface area contributed by atoms with Gasteiger partial charge in [-0.3, -0.25) is 0 Å². The van der Waals surface area contributed by atoms with Gasteiger partial charge in [0.1, 0.15) is 0 Å². The molecular formula is H5BCuO3Pb. The van der Waals surface area contributed by atoms with Crippen molar-refractivity contribution in [2.45, 2.75) is 0 Å². The molecule has 0 saturated heterocycles. The summed E-state index contributed by atoms with van der Waals surface area (Å²) in [6, 6.07) is 0. The van der Waals surface area contributed by atoms with E-state index in [0.29, 0.717) is 0 Å². The van der Waals surface area contributed by atoms with E-state index < -0.39 is 7.32 Å². The van der Waals surface area contributed by atoms with Crippen LogP contribution in [0.5, 0.6) is 0 Å². The Morgan fingerprint density at radius 2 is 1.00 bits per heavy atom. The zero-order chi connectivity index (χ0) is 3.58. The molecule has 0 aromatic rings. The SMILES string of the molecule is OB(O)O.[Cu].[PbH2]. The van der Waals surface area contributed by atoms with E-state index in [4.69, 9.17) is 15.1 Å². The van der Waals surface area contributed by atoms with Crippen molar-refractivity contribution in [3.63, 3.8) is 0 Å². The second-order valence-electron chi connectivity index (χ2n) is 0.346. The molecule has 3 radical (unpaired) electrons. The van der Waals surface area contributed by atoms with Crippen molar-refractivity contribution in [2.75, 3.05) is 0 Å². The summed E-state index contributed by atoms with van der Waals surface area (Å²) >= 11 is 0. The first-order valence-corrected chi connectivity index (χ1v) is 0.775. The Kier molecular flexibility index (Phi) is 25.1. The Labute approximate surface area is 66.6 Å². The summed E-state index contributed by atoms with van der Waals surface area (Å²) in [5.74, 6) is 0. The molecule has 0 atom stereocenters. The van der Waals surface area contributed by atoms with Gasteiger partial charge >= 0.3 is 34.6 Å². The molecule has 3 nitrogen and oxygen atoms in total. The molecular weight excluding hydrogens is 330 g/mol. The van der Waals surface area contributed by atoms with Crippen LogP contribution in [-0.4, -0.2) is 49.7 Å². The second-order valence-corrected chi connectivity index (χ2v) is 0.346. The molecule has 0 aliphatic rings. The molecule has 0 aromatic carbocycles. The van der Waals surface area contributed by atoms with E-state index in [1.165, 1.54) is 0 Å². The van der Waals surface area contributed by atoms with Crippen molar-refractivity contribution < 1.29 is 32.1 Å². The fraction of sp³-hybridized carbons (Fsp3) is 0. The van der Waals surface area contributed by atoms with Gasteiger partial charge < -0.3 is 15.1 Å². The normalized spacial score (nSPS) is 4.50. The Morgan fingerprint density at radius 1 is 1.00 bits per heavy atom. The zero-order valence-corrected chi connectivity index (χ0v) is 9.37. The van der Waals surface area contributed by atoms with Gasteiger partial charge in [0.15, 0.2) is 0 Å². The van der Waals surface area contributed by atoms with Crippen LogP contribution in [-0.2, 0) is 17.1 Å². The van der Waals surface area contributed by atoms with Crippen molar-refractivity contribution in [3.05, 3.63) is 0 Å². The molecule has 0 fully saturated rings. The fourth-order valence-electron chi connectivity index (χ4n) is 0. The van der Waals surface area contributed by atoms with Crippen LogP contribution in [0.3, 0.4) is 0 Å². The van der Waals surface area contributed by atoms with Gasteiger partial charge in [0.2, 0.25) is 0 Å². The van der Waals surface area contributed by atoms with Crippen molar-refractivity contribution in [1.29, 1.82) is 0 Å². The molecule has 0 spiro atoms. The summed E-state index contributed by atoms with van der Waals surface area (Å²) in [7, 11) is -2.17. The maximum atomic E-state index is 7.17. The number of hydrogen-bond donors (Lipinski definition) is 3. The van der Waals surface area contributed by atoms with Gasteiger partial charge in [-0.25, -0.2) is 0 Å². The monoisotopic (exact) mass is 335 g/mol. The van der Waals surface area contributed by atoms with Crippen LogP contribution in [0.1, 0.15) is 0 Å². The molecule has 0 saturated carbocycles. The second kappa shape index (κ2) is 9.63. The Balaban J connectivity index is -0.0000000450. The van der Waals surface area contributed by atoms with E-state index in [1.54, 1.807) is 0 Å². The summed E-state index contributed by atoms with van der Waals surface area (Å²) in [6.45, 7) is 0. The van der Waals surface area contributed by atoms with Gasteiger partial charge in [0.25, 0.3) is 0 Å². The van der Waals surface area contributed by atoms with Crippen molar-refractivity contribution >= 4 is 34.6 Å². The Hall–Kier alpha value is 1.39. The Bertz CT molecular complexity index is 15.5. The Morgan fingerprint density at radius 3 is 1.00 bits per heavy atom. The van der Waals surface area contributed by atoms with Crippen LogP contribution in [0.25, 0.3) is 0 Å². The average Bonchev–Trinajstić information content (AvgIpc) is 0.811. The molecule has 0 aliphatic heterocycles. The van der Waals surface area contributed by atoms with Crippen LogP contribution in [0.15, 0.2) is 0 Å². The molecule has 0 rings (SSSR count). The predicted molar refractivity (Wildman–Crippen MR) is 21.0 cm³/mol. The zero-order valence-electron chi connectivity index (χ0n) is 2.93. The first-order chi connectivity index (χ1) is 1.73. The van der Waals surface area contributed by atoms with Crippen molar-refractivity contribution in [1.82, 2.24) is 0 Å². The molecule has 0 aliphatic carbocycles. The summed E-state index contributed by atoms with van der Waals surface area (Å²) in [6.07, 6.45) is 0. The third-order valence-electron chi connectivity index (χ3n) is 0. The first kappa shape index (κ1) is 15.7. The minimum atomic E-state index is -2.17. The molecule has 0 amide bonds. The van der Waals surface area contributed by atoms with Crippen LogP contribution >= 0.6 is 0 Å². The van der Waals surface area contributed by atoms with E-state index in [9.17, 15) is 0 Å². The van der Waals surface area contributed by atoms with Gasteiger partial charge in [-0.2, -0.15) is 0 Å². The molecule has 0 aromatic heterocycles. The van der Waals surface area contributed by atoms with Gasteiger partial charge in [-0.05, 0) is 0 Å². The minimum absolute atomic E-state index is 0. The summed E-state index contributed by atoms with van der Waals surface area (Å²) < 4.78 is 0. The molecule has 6 heavy (non-hydrogen) atoms. The maximum absolute atomic E-state index is 7.17. The molecule has 6 heteroatoms. The van der Waals surface area contributed by atoms with Gasteiger partial charge in [-0.1, -0.05) is 0 Å². The van der Waals surface area contributed by atoms with E-state index in [-0.39, 0.29) is 44.4 Å². The van der Waals surface area contributed by atoms with Crippen LogP contribution < -0.4 is 0 Å². The molecule has 0 unspecified atom stereocenters. The first-order valence-electron chi connectivity index (χ1n) is 0.775. The summed E-state index contributed by atoms with van der Waals surface area (Å²) in [5, 5.41) is 21.5. The fourth-order valence-corrected chi connectivity index (χ4v) is 0. The van der Waals surface area contributed by atoms with Crippen LogP contribution in [0, 0.1) is 0 Å². The third kappa shape index (κ3) is 53.9. The molecule has 0 bridgehead atoms. The summed E-state index contributed by atoms with van der Waals surface area (Å²) in [5.41, 5.74) is 0. The van der Waals surface area contributed by atoms with E-state index in [2.05, 4.69) is 0 Å². The summed E-state index contributed by atoms with van der Waals surface area (Å²) in [4.78, 5) is 0. The van der Waals surface area contributed by atoms with Crippen molar-refractivity contribution in [2.24, 2.45) is 0 Å². The van der Waals surface area contributed by atoms with Gasteiger partial charge in [0, 0.05) is 17.1 Å². The molecule has 41 valence electrons. The van der Waals surface area contributed by atoms with Gasteiger partial charge in [0.05, 0.1) is 0 Å². The van der Waals surface area contributed by atoms with E-state index in [1.807, 2.05) is 0 Å². The van der Waals surface area contributed by atoms with E-state index in [0.717, 1.165) is 0 Å². The quantitative estimate of drug-likeness (QED) is 0.415. The predicted octanol–water partition coefficient (Wildman–Crippen LogP) is -2.97. The standard InChI is InChI=1S/BH3O3.Cu.Pb.2H/c2-1(3)4;;;;/h2-4H;;;;. The van der Waals surface area contributed by atoms with E-state index >= 15 is 0 Å². The number of rotatable bonds is 0. The van der Waals surface area contributed by atoms with Crippen molar-refractivity contribution in [3.8, 4) is 0 Å². The average molecular weight is 335 g/mol. The van der Waals surface area contributed by atoms with Crippen LogP contribution in [0.2, 0.25) is 0 Å².